The zero-order valence-corrected chi connectivity index (χ0v) is 17.5. The minimum Gasteiger partial charge on any atom is -0.486 e. The molecule has 8 heteroatoms. The van der Waals surface area contributed by atoms with Crippen LogP contribution in [0.4, 0.5) is 5.69 Å². The van der Waals surface area contributed by atoms with E-state index in [0.717, 1.165) is 5.69 Å². The van der Waals surface area contributed by atoms with Crippen LogP contribution in [0.15, 0.2) is 18.2 Å². The van der Waals surface area contributed by atoms with E-state index < -0.39 is 0 Å². The molecule has 160 valence electrons. The van der Waals surface area contributed by atoms with Crippen LogP contribution >= 0.6 is 0 Å². The van der Waals surface area contributed by atoms with Crippen LogP contribution in [0.25, 0.3) is 0 Å². The normalized spacial score (nSPS) is 22.9. The lowest BCUT2D eigenvalue weighted by Crippen LogP contribution is -2.54. The van der Waals surface area contributed by atoms with Crippen LogP contribution in [0.2, 0.25) is 0 Å². The molecule has 2 unspecified atom stereocenters. The van der Waals surface area contributed by atoms with Crippen molar-refractivity contribution in [2.75, 3.05) is 50.8 Å². The molecule has 2 saturated heterocycles. The summed E-state index contributed by atoms with van der Waals surface area (Å²) in [7, 11) is 0. The Labute approximate surface area is 176 Å². The molecule has 8 nitrogen and oxygen atoms in total. The molecule has 2 fully saturated rings. The van der Waals surface area contributed by atoms with Gasteiger partial charge in [-0.05, 0) is 18.1 Å². The second-order valence-corrected chi connectivity index (χ2v) is 8.41. The summed E-state index contributed by atoms with van der Waals surface area (Å²) < 4.78 is 11.2. The summed E-state index contributed by atoms with van der Waals surface area (Å²) in [6, 6.07) is 7.71. The number of benzene rings is 1. The molecule has 30 heavy (non-hydrogen) atoms. The Kier molecular flexibility index (Phi) is 5.82. The van der Waals surface area contributed by atoms with Crippen LogP contribution < -0.4 is 14.4 Å². The Bertz CT molecular complexity index is 857. The van der Waals surface area contributed by atoms with E-state index in [1.54, 1.807) is 4.90 Å². The zero-order chi connectivity index (χ0) is 21.3. The molecule has 0 N–H and O–H groups in total. The SMILES string of the molecule is CC(C)C(C#N)N1CCN(C(=O)C2CC(=O)N(c3ccc4c(c3)OCCO4)C2)CC1. The highest BCUT2D eigenvalue weighted by Crippen LogP contribution is 2.36. The number of carbonyl (C=O) groups excluding carboxylic acids is 2. The largest absolute Gasteiger partial charge is 0.486 e. The van der Waals surface area contributed by atoms with Gasteiger partial charge in [0.05, 0.1) is 12.0 Å². The molecule has 3 heterocycles. The van der Waals surface area contributed by atoms with Gasteiger partial charge in [-0.2, -0.15) is 5.26 Å². The maximum atomic E-state index is 13.1. The van der Waals surface area contributed by atoms with Gasteiger partial charge < -0.3 is 19.3 Å². The number of amides is 2. The highest BCUT2D eigenvalue weighted by Gasteiger charge is 2.39. The van der Waals surface area contributed by atoms with Gasteiger partial charge in [0.25, 0.3) is 0 Å². The third-order valence-corrected chi connectivity index (χ3v) is 6.09. The number of anilines is 1. The van der Waals surface area contributed by atoms with Crippen LogP contribution in [0.3, 0.4) is 0 Å². The zero-order valence-electron chi connectivity index (χ0n) is 17.5. The van der Waals surface area contributed by atoms with Crippen LogP contribution in [-0.4, -0.2) is 73.6 Å². The van der Waals surface area contributed by atoms with Crippen LogP contribution in [0.5, 0.6) is 11.5 Å². The number of hydrogen-bond acceptors (Lipinski definition) is 6. The summed E-state index contributed by atoms with van der Waals surface area (Å²) in [6.07, 6.45) is 0.223. The average Bonchev–Trinajstić information content (AvgIpc) is 3.15. The first-order chi connectivity index (χ1) is 14.5. The van der Waals surface area contributed by atoms with E-state index in [2.05, 4.69) is 11.0 Å². The fourth-order valence-corrected chi connectivity index (χ4v) is 4.45. The van der Waals surface area contributed by atoms with E-state index in [1.165, 1.54) is 0 Å². The van der Waals surface area contributed by atoms with Gasteiger partial charge in [-0.3, -0.25) is 14.5 Å². The third-order valence-electron chi connectivity index (χ3n) is 6.09. The summed E-state index contributed by atoms with van der Waals surface area (Å²) in [5, 5.41) is 9.40. The molecule has 0 radical (unpaired) electrons. The molecule has 0 aliphatic carbocycles. The third kappa shape index (κ3) is 3.94. The topological polar surface area (TPSA) is 86.1 Å². The Morgan fingerprint density at radius 2 is 1.83 bits per heavy atom. The number of fused-ring (bicyclic) bond motifs is 1. The molecule has 3 aliphatic rings. The molecule has 0 spiro atoms. The van der Waals surface area contributed by atoms with E-state index in [-0.39, 0.29) is 36.1 Å². The lowest BCUT2D eigenvalue weighted by molar-refractivity contribution is -0.137. The Hall–Kier alpha value is -2.79. The summed E-state index contributed by atoms with van der Waals surface area (Å²) in [5.74, 6) is 1.21. The minimum atomic E-state index is -0.339. The number of nitriles is 1. The fraction of sp³-hybridized carbons (Fsp3) is 0.591. The van der Waals surface area contributed by atoms with E-state index in [4.69, 9.17) is 9.47 Å². The van der Waals surface area contributed by atoms with Crippen molar-refractivity contribution in [1.82, 2.24) is 9.80 Å². The molecule has 2 amide bonds. The number of ether oxygens (including phenoxy) is 2. The molecule has 1 aromatic rings. The van der Waals surface area contributed by atoms with Gasteiger partial charge in [0.2, 0.25) is 11.8 Å². The molecular formula is C22H28N4O4. The highest BCUT2D eigenvalue weighted by atomic mass is 16.6. The lowest BCUT2D eigenvalue weighted by Gasteiger charge is -2.38. The highest BCUT2D eigenvalue weighted by molar-refractivity contribution is 6.00. The van der Waals surface area contributed by atoms with E-state index >= 15 is 0 Å². The predicted octanol–water partition coefficient (Wildman–Crippen LogP) is 1.50. The molecule has 3 aliphatic heterocycles. The standard InChI is InChI=1S/C22H28N4O4/c1-15(2)18(13-23)24-5-7-25(8-6-24)22(28)16-11-21(27)26(14-16)17-3-4-19-20(12-17)30-10-9-29-19/h3-4,12,15-16,18H,5-11,14H2,1-2H3. The quantitative estimate of drug-likeness (QED) is 0.745. The van der Waals surface area contributed by atoms with Crippen LogP contribution in [0.1, 0.15) is 20.3 Å². The predicted molar refractivity (Wildman–Crippen MR) is 110 cm³/mol. The Morgan fingerprint density at radius 3 is 2.50 bits per heavy atom. The van der Waals surface area contributed by atoms with Gasteiger partial charge in [0.1, 0.15) is 19.3 Å². The van der Waals surface area contributed by atoms with E-state index in [0.29, 0.717) is 57.4 Å². The van der Waals surface area contributed by atoms with Crippen molar-refractivity contribution < 1.29 is 19.1 Å². The first-order valence-corrected chi connectivity index (χ1v) is 10.6. The monoisotopic (exact) mass is 412 g/mol. The van der Waals surface area contributed by atoms with Crippen molar-refractivity contribution in [2.45, 2.75) is 26.3 Å². The lowest BCUT2D eigenvalue weighted by atomic mass is 10.0. The van der Waals surface area contributed by atoms with Crippen LogP contribution in [0, 0.1) is 23.2 Å². The van der Waals surface area contributed by atoms with Gasteiger partial charge in [-0.15, -0.1) is 0 Å². The summed E-state index contributed by atoms with van der Waals surface area (Å²) in [5.41, 5.74) is 0.734. The Balaban J connectivity index is 1.38. The average molecular weight is 412 g/mol. The Morgan fingerprint density at radius 1 is 1.13 bits per heavy atom. The van der Waals surface area contributed by atoms with Gasteiger partial charge >= 0.3 is 0 Å². The maximum Gasteiger partial charge on any atom is 0.228 e. The number of piperazine rings is 1. The van der Waals surface area contributed by atoms with Crippen molar-refractivity contribution in [3.05, 3.63) is 18.2 Å². The first-order valence-electron chi connectivity index (χ1n) is 10.6. The minimum absolute atomic E-state index is 0.0288. The number of carbonyl (C=O) groups is 2. The molecule has 0 saturated carbocycles. The molecular weight excluding hydrogens is 384 g/mol. The van der Waals surface area contributed by atoms with E-state index in [9.17, 15) is 14.9 Å². The molecule has 4 rings (SSSR count). The van der Waals surface area contributed by atoms with Gasteiger partial charge in [0, 0.05) is 50.9 Å². The molecule has 0 aromatic heterocycles. The van der Waals surface area contributed by atoms with Crippen molar-refractivity contribution in [2.24, 2.45) is 11.8 Å². The van der Waals surface area contributed by atoms with Crippen molar-refractivity contribution in [3.63, 3.8) is 0 Å². The maximum absolute atomic E-state index is 13.1. The first kappa shape index (κ1) is 20.5. The number of rotatable bonds is 4. The summed E-state index contributed by atoms with van der Waals surface area (Å²) >= 11 is 0. The van der Waals surface area contributed by atoms with Gasteiger partial charge in [-0.25, -0.2) is 0 Å². The molecule has 1 aromatic carbocycles. The molecule has 2 atom stereocenters. The molecule has 0 bridgehead atoms. The van der Waals surface area contributed by atoms with Crippen molar-refractivity contribution in [1.29, 1.82) is 5.26 Å². The number of hydrogen-bond donors (Lipinski definition) is 0. The summed E-state index contributed by atoms with van der Waals surface area (Å²) in [4.78, 5) is 31.3. The van der Waals surface area contributed by atoms with E-state index in [1.807, 2.05) is 36.9 Å². The van der Waals surface area contributed by atoms with Crippen LogP contribution in [-0.2, 0) is 9.59 Å². The second-order valence-electron chi connectivity index (χ2n) is 8.41. The van der Waals surface area contributed by atoms with Crippen molar-refractivity contribution >= 4 is 17.5 Å². The van der Waals surface area contributed by atoms with Gasteiger partial charge in [0.15, 0.2) is 11.5 Å². The second kappa shape index (κ2) is 8.52. The van der Waals surface area contributed by atoms with Crippen molar-refractivity contribution in [3.8, 4) is 17.6 Å². The smallest absolute Gasteiger partial charge is 0.228 e. The van der Waals surface area contributed by atoms with Gasteiger partial charge in [-0.1, -0.05) is 13.8 Å². The summed E-state index contributed by atoms with van der Waals surface area (Å²) in [6.45, 7) is 8.04. The fourth-order valence-electron chi connectivity index (χ4n) is 4.45. The number of nitrogens with zero attached hydrogens (tertiary/aromatic N) is 4.